The fourth-order valence-electron chi connectivity index (χ4n) is 0.747. The summed E-state index contributed by atoms with van der Waals surface area (Å²) in [6.07, 6.45) is -0.467. The highest BCUT2D eigenvalue weighted by Crippen LogP contribution is 2.40. The van der Waals surface area contributed by atoms with E-state index in [4.69, 9.17) is 4.55 Å². The average molecular weight is 280 g/mol. The van der Waals surface area contributed by atoms with Crippen molar-refractivity contribution in [3.05, 3.63) is 11.8 Å². The second kappa shape index (κ2) is 5.21. The lowest BCUT2D eigenvalue weighted by Crippen LogP contribution is -2.47. The summed E-state index contributed by atoms with van der Waals surface area (Å²) in [5.74, 6) is -4.91. The van der Waals surface area contributed by atoms with E-state index in [1.807, 2.05) is 0 Å². The average Bonchev–Trinajstić information content (AvgIpc) is 2.10. The molecule has 0 atom stereocenters. The van der Waals surface area contributed by atoms with Crippen molar-refractivity contribution in [2.24, 2.45) is 0 Å². The van der Waals surface area contributed by atoms with E-state index in [0.717, 1.165) is 6.26 Å². The van der Waals surface area contributed by atoms with Crippen LogP contribution in [0.3, 0.4) is 0 Å². The minimum atomic E-state index is -6.17. The molecule has 0 unspecified atom stereocenters. The molecule has 0 aliphatic heterocycles. The van der Waals surface area contributed by atoms with Crippen LogP contribution in [0.5, 0.6) is 0 Å². The smallest absolute Gasteiger partial charge is 0.431 e. The molecule has 0 spiro atoms. The molecule has 0 rings (SSSR count). The first-order valence-corrected chi connectivity index (χ1v) is 5.83. The molecule has 0 saturated carbocycles. The molecule has 0 aromatic heterocycles. The summed E-state index contributed by atoms with van der Waals surface area (Å²) >= 11 is 0. The fraction of sp³-hybridized carbons (Fsp3) is 0.750. The Bertz CT molecular complexity index is 384. The molecule has 0 heterocycles. The number of rotatable bonds is 6. The van der Waals surface area contributed by atoms with E-state index in [9.17, 15) is 26.0 Å². The van der Waals surface area contributed by atoms with Gasteiger partial charge in [0.05, 0.1) is 19.3 Å². The highest BCUT2D eigenvalue weighted by Gasteiger charge is 2.65. The molecule has 1 N–H and O–H groups in total. The topological polar surface area (TPSA) is 63.6 Å². The van der Waals surface area contributed by atoms with Crippen molar-refractivity contribution in [1.82, 2.24) is 0 Å². The molecule has 0 radical (unpaired) electrons. The van der Waals surface area contributed by atoms with E-state index in [2.05, 4.69) is 4.74 Å². The Balaban J connectivity index is 4.64. The first-order chi connectivity index (χ1) is 7.42. The van der Waals surface area contributed by atoms with Gasteiger partial charge >= 0.3 is 21.3 Å². The summed E-state index contributed by atoms with van der Waals surface area (Å²) in [5, 5.41) is -5.53. The van der Waals surface area contributed by atoms with Crippen LogP contribution in [0.2, 0.25) is 0 Å². The van der Waals surface area contributed by atoms with Gasteiger partial charge in [0, 0.05) is 0 Å². The van der Waals surface area contributed by atoms with Crippen LogP contribution in [0.1, 0.15) is 20.3 Å². The van der Waals surface area contributed by atoms with Gasteiger partial charge in [-0.1, -0.05) is 0 Å². The lowest BCUT2D eigenvalue weighted by molar-refractivity contribution is -0.168. The van der Waals surface area contributed by atoms with Crippen LogP contribution in [-0.4, -0.2) is 30.8 Å². The van der Waals surface area contributed by atoms with Gasteiger partial charge in [-0.15, -0.1) is 0 Å². The second-order valence-electron chi connectivity index (χ2n) is 3.51. The summed E-state index contributed by atoms with van der Waals surface area (Å²) in [7, 11) is -6.17. The van der Waals surface area contributed by atoms with Crippen molar-refractivity contribution >= 4 is 10.1 Å². The second-order valence-corrected chi connectivity index (χ2v) is 4.98. The first-order valence-electron chi connectivity index (χ1n) is 4.39. The van der Waals surface area contributed by atoms with Crippen molar-refractivity contribution in [2.75, 3.05) is 6.61 Å². The van der Waals surface area contributed by atoms with E-state index in [1.165, 1.54) is 0 Å². The SMILES string of the molecule is CC(C)=COCCC(F)(F)C(F)(F)S(=O)(=O)O. The third kappa shape index (κ3) is 4.15. The molecule has 0 saturated heterocycles. The van der Waals surface area contributed by atoms with Crippen LogP contribution in [0.25, 0.3) is 0 Å². The number of hydrogen-bond donors (Lipinski definition) is 1. The van der Waals surface area contributed by atoms with Crippen molar-refractivity contribution < 1.29 is 35.3 Å². The summed E-state index contributed by atoms with van der Waals surface area (Å²) in [6, 6.07) is 0. The molecule has 0 aliphatic rings. The fourth-order valence-corrected chi connectivity index (χ4v) is 1.23. The summed E-state index contributed by atoms with van der Waals surface area (Å²) in [5.41, 5.74) is 0.620. The Kier molecular flexibility index (Phi) is 4.96. The number of allylic oxidation sites excluding steroid dienone is 1. The van der Waals surface area contributed by atoms with Crippen LogP contribution in [-0.2, 0) is 14.9 Å². The van der Waals surface area contributed by atoms with Gasteiger partial charge in [-0.2, -0.15) is 26.0 Å². The Hall–Kier alpha value is -0.830. The summed E-state index contributed by atoms with van der Waals surface area (Å²) in [4.78, 5) is 0. The molecular formula is C8H12F4O4S. The molecule has 17 heavy (non-hydrogen) atoms. The van der Waals surface area contributed by atoms with E-state index in [1.54, 1.807) is 13.8 Å². The zero-order valence-corrected chi connectivity index (χ0v) is 9.90. The minimum Gasteiger partial charge on any atom is -0.501 e. The summed E-state index contributed by atoms with van der Waals surface area (Å²) < 4.78 is 83.7. The minimum absolute atomic E-state index is 0.620. The molecule has 102 valence electrons. The quantitative estimate of drug-likeness (QED) is 0.351. The molecular weight excluding hydrogens is 268 g/mol. The third-order valence-electron chi connectivity index (χ3n) is 1.60. The number of halogens is 4. The zero-order chi connectivity index (χ0) is 13.9. The van der Waals surface area contributed by atoms with Gasteiger partial charge in [-0.25, -0.2) is 0 Å². The van der Waals surface area contributed by atoms with Crippen LogP contribution in [0.15, 0.2) is 11.8 Å². The zero-order valence-electron chi connectivity index (χ0n) is 9.08. The molecule has 0 amide bonds. The van der Waals surface area contributed by atoms with Crippen molar-refractivity contribution in [1.29, 1.82) is 0 Å². The Morgan fingerprint density at radius 3 is 2.12 bits per heavy atom. The van der Waals surface area contributed by atoms with Gasteiger partial charge < -0.3 is 4.74 Å². The largest absolute Gasteiger partial charge is 0.501 e. The lowest BCUT2D eigenvalue weighted by atomic mass is 10.2. The van der Waals surface area contributed by atoms with Gasteiger partial charge in [0.2, 0.25) is 0 Å². The van der Waals surface area contributed by atoms with Crippen LogP contribution >= 0.6 is 0 Å². The molecule has 4 nitrogen and oxygen atoms in total. The van der Waals surface area contributed by atoms with Crippen molar-refractivity contribution in [3.8, 4) is 0 Å². The molecule has 0 aliphatic carbocycles. The Labute approximate surface area is 96.0 Å². The molecule has 0 aromatic rings. The monoisotopic (exact) mass is 280 g/mol. The van der Waals surface area contributed by atoms with E-state index < -0.39 is 34.3 Å². The summed E-state index contributed by atoms with van der Waals surface area (Å²) in [6.45, 7) is 2.37. The van der Waals surface area contributed by atoms with Crippen LogP contribution < -0.4 is 0 Å². The number of hydrogen-bond acceptors (Lipinski definition) is 3. The van der Waals surface area contributed by atoms with E-state index in [0.29, 0.717) is 5.57 Å². The van der Waals surface area contributed by atoms with Gasteiger partial charge in [0.1, 0.15) is 0 Å². The van der Waals surface area contributed by atoms with Gasteiger partial charge in [0.25, 0.3) is 0 Å². The maximum atomic E-state index is 12.8. The van der Waals surface area contributed by atoms with Crippen LogP contribution in [0, 0.1) is 0 Å². The lowest BCUT2D eigenvalue weighted by Gasteiger charge is -2.23. The highest BCUT2D eigenvalue weighted by atomic mass is 32.2. The molecule has 0 bridgehead atoms. The maximum Gasteiger partial charge on any atom is 0.431 e. The molecule has 0 fully saturated rings. The number of alkyl halides is 4. The van der Waals surface area contributed by atoms with Gasteiger partial charge in [-0.05, 0) is 19.4 Å². The molecule has 9 heteroatoms. The Morgan fingerprint density at radius 2 is 1.76 bits per heavy atom. The predicted octanol–water partition coefficient (Wildman–Crippen LogP) is 2.43. The third-order valence-corrected chi connectivity index (χ3v) is 2.55. The maximum absolute atomic E-state index is 12.8. The first kappa shape index (κ1) is 16.2. The standard InChI is InChI=1S/C8H12F4O4S/c1-6(2)5-16-4-3-7(9,10)8(11,12)17(13,14)15/h5H,3-4H2,1-2H3,(H,13,14,15). The Morgan fingerprint density at radius 1 is 1.29 bits per heavy atom. The molecule has 0 aromatic carbocycles. The normalized spacial score (nSPS) is 13.4. The van der Waals surface area contributed by atoms with E-state index >= 15 is 0 Å². The van der Waals surface area contributed by atoms with E-state index in [-0.39, 0.29) is 0 Å². The van der Waals surface area contributed by atoms with Gasteiger partial charge in [-0.3, -0.25) is 4.55 Å². The van der Waals surface area contributed by atoms with Gasteiger partial charge in [0.15, 0.2) is 0 Å². The van der Waals surface area contributed by atoms with Crippen LogP contribution in [0.4, 0.5) is 17.6 Å². The highest BCUT2D eigenvalue weighted by molar-refractivity contribution is 7.87. The van der Waals surface area contributed by atoms with Crippen molar-refractivity contribution in [3.63, 3.8) is 0 Å². The number of ether oxygens (including phenoxy) is 1. The van der Waals surface area contributed by atoms with Crippen molar-refractivity contribution in [2.45, 2.75) is 31.4 Å². The predicted molar refractivity (Wildman–Crippen MR) is 51.4 cm³/mol.